The highest BCUT2D eigenvalue weighted by Gasteiger charge is 2.06. The minimum absolute atomic E-state index is 0.235. The lowest BCUT2D eigenvalue weighted by Gasteiger charge is -1.96. The second-order valence-corrected chi connectivity index (χ2v) is 3.90. The highest BCUT2D eigenvalue weighted by Crippen LogP contribution is 2.21. The average Bonchev–Trinajstić information content (AvgIpc) is 2.75. The van der Waals surface area contributed by atoms with E-state index in [2.05, 4.69) is 15.0 Å². The third kappa shape index (κ3) is 2.68. The first-order valence-electron chi connectivity index (χ1n) is 5.52. The summed E-state index contributed by atoms with van der Waals surface area (Å²) in [7, 11) is 0. The summed E-state index contributed by atoms with van der Waals surface area (Å²) in [6.45, 7) is 2.17. The molecule has 0 aromatic carbocycles. The van der Waals surface area contributed by atoms with Crippen LogP contribution in [-0.4, -0.2) is 27.5 Å². The number of H-pyrrole nitrogens is 1. The first-order valence-corrected chi connectivity index (χ1v) is 5.90. The van der Waals surface area contributed by atoms with Gasteiger partial charge in [0.15, 0.2) is 5.15 Å². The first-order chi connectivity index (χ1) is 8.72. The van der Waals surface area contributed by atoms with Crippen LogP contribution in [0, 0.1) is 0 Å². The lowest BCUT2D eigenvalue weighted by atomic mass is 10.2. The van der Waals surface area contributed by atoms with Crippen LogP contribution in [0.1, 0.15) is 18.9 Å². The third-order valence-corrected chi connectivity index (χ3v) is 2.62. The van der Waals surface area contributed by atoms with E-state index in [0.29, 0.717) is 17.3 Å². The lowest BCUT2D eigenvalue weighted by molar-refractivity contribution is -0.142. The van der Waals surface area contributed by atoms with Gasteiger partial charge < -0.3 is 9.72 Å². The number of hydrogen-bond donors (Lipinski definition) is 1. The van der Waals surface area contributed by atoms with Crippen molar-refractivity contribution in [3.05, 3.63) is 29.3 Å². The topological polar surface area (TPSA) is 67.9 Å². The molecule has 0 radical (unpaired) electrons. The molecule has 0 spiro atoms. The van der Waals surface area contributed by atoms with Crippen molar-refractivity contribution in [3.8, 4) is 0 Å². The Balaban J connectivity index is 2.15. The summed E-state index contributed by atoms with van der Waals surface area (Å²) in [5, 5.41) is 0.380. The standard InChI is InChI=1S/C12H12ClN3O2/c1-2-18-9(17)5-3-4-8-6-14-11-10(8)15-7-16-12(11)13/h3-4,6-7,14H,2,5H2,1H3. The number of rotatable bonds is 4. The number of nitrogens with zero attached hydrogens (tertiary/aromatic N) is 2. The molecule has 5 nitrogen and oxygen atoms in total. The van der Waals surface area contributed by atoms with Gasteiger partial charge in [-0.25, -0.2) is 9.97 Å². The van der Waals surface area contributed by atoms with Gasteiger partial charge in [-0.05, 0) is 6.92 Å². The number of carbonyl (C=O) groups is 1. The molecule has 1 N–H and O–H groups in total. The number of esters is 1. The number of aromatic amines is 1. The van der Waals surface area contributed by atoms with Gasteiger partial charge in [-0.1, -0.05) is 23.8 Å². The van der Waals surface area contributed by atoms with Gasteiger partial charge in [0.1, 0.15) is 17.4 Å². The zero-order chi connectivity index (χ0) is 13.0. The van der Waals surface area contributed by atoms with Gasteiger partial charge in [-0.2, -0.15) is 0 Å². The van der Waals surface area contributed by atoms with Crippen LogP contribution in [-0.2, 0) is 9.53 Å². The Morgan fingerprint density at radius 1 is 1.56 bits per heavy atom. The predicted octanol–water partition coefficient (Wildman–Crippen LogP) is 2.58. The van der Waals surface area contributed by atoms with Crippen LogP contribution in [0.3, 0.4) is 0 Å². The molecule has 6 heteroatoms. The van der Waals surface area contributed by atoms with Crippen LogP contribution in [0.25, 0.3) is 17.1 Å². The van der Waals surface area contributed by atoms with E-state index in [0.717, 1.165) is 11.1 Å². The summed E-state index contributed by atoms with van der Waals surface area (Å²) in [4.78, 5) is 22.2. The fourth-order valence-corrected chi connectivity index (χ4v) is 1.75. The van der Waals surface area contributed by atoms with E-state index in [1.165, 1.54) is 6.33 Å². The van der Waals surface area contributed by atoms with E-state index >= 15 is 0 Å². The van der Waals surface area contributed by atoms with Crippen LogP contribution in [0.15, 0.2) is 18.6 Å². The third-order valence-electron chi connectivity index (χ3n) is 2.33. The fourth-order valence-electron chi connectivity index (χ4n) is 1.56. The lowest BCUT2D eigenvalue weighted by Crippen LogP contribution is -2.01. The first kappa shape index (κ1) is 12.6. The molecule has 18 heavy (non-hydrogen) atoms. The van der Waals surface area contributed by atoms with Crippen LogP contribution in [0.5, 0.6) is 0 Å². The molecular formula is C12H12ClN3O2. The number of ether oxygens (including phenoxy) is 1. The van der Waals surface area contributed by atoms with Gasteiger partial charge >= 0.3 is 5.97 Å². The van der Waals surface area contributed by atoms with Gasteiger partial charge in [-0.15, -0.1) is 0 Å². The molecule has 2 rings (SSSR count). The van der Waals surface area contributed by atoms with Crippen molar-refractivity contribution in [3.63, 3.8) is 0 Å². The molecule has 0 amide bonds. The summed E-state index contributed by atoms with van der Waals surface area (Å²) < 4.78 is 4.82. The second-order valence-electron chi connectivity index (χ2n) is 3.54. The molecule has 0 bridgehead atoms. The van der Waals surface area contributed by atoms with Crippen LogP contribution < -0.4 is 0 Å². The Bertz CT molecular complexity index is 592. The molecule has 0 aliphatic carbocycles. The molecule has 2 aromatic rings. The number of hydrogen-bond acceptors (Lipinski definition) is 4. The van der Waals surface area contributed by atoms with Gasteiger partial charge in [-0.3, -0.25) is 4.79 Å². The quantitative estimate of drug-likeness (QED) is 0.681. The van der Waals surface area contributed by atoms with Crippen molar-refractivity contribution < 1.29 is 9.53 Å². The van der Waals surface area contributed by atoms with E-state index in [4.69, 9.17) is 16.3 Å². The van der Waals surface area contributed by atoms with Crippen molar-refractivity contribution in [2.24, 2.45) is 0 Å². The summed E-state index contributed by atoms with van der Waals surface area (Å²) >= 11 is 5.92. The summed E-state index contributed by atoms with van der Waals surface area (Å²) in [5.74, 6) is -0.249. The molecule has 2 aromatic heterocycles. The minimum Gasteiger partial charge on any atom is -0.466 e. The maximum absolute atomic E-state index is 11.2. The highest BCUT2D eigenvalue weighted by atomic mass is 35.5. The molecule has 2 heterocycles. The Morgan fingerprint density at radius 3 is 3.17 bits per heavy atom. The summed E-state index contributed by atoms with van der Waals surface area (Å²) in [6, 6.07) is 0. The van der Waals surface area contributed by atoms with Gasteiger partial charge in [0.25, 0.3) is 0 Å². The predicted molar refractivity (Wildman–Crippen MR) is 69.2 cm³/mol. The van der Waals surface area contributed by atoms with Gasteiger partial charge in [0.2, 0.25) is 0 Å². The zero-order valence-corrected chi connectivity index (χ0v) is 10.6. The van der Waals surface area contributed by atoms with E-state index in [1.54, 1.807) is 25.3 Å². The summed E-state index contributed by atoms with van der Waals surface area (Å²) in [5.41, 5.74) is 2.28. The normalized spacial score (nSPS) is 11.2. The van der Waals surface area contributed by atoms with Crippen molar-refractivity contribution >= 4 is 34.7 Å². The highest BCUT2D eigenvalue weighted by molar-refractivity contribution is 6.33. The number of fused-ring (bicyclic) bond motifs is 1. The molecule has 0 aliphatic rings. The van der Waals surface area contributed by atoms with Crippen molar-refractivity contribution in [1.82, 2.24) is 15.0 Å². The molecule has 0 unspecified atom stereocenters. The molecule has 0 aliphatic heterocycles. The smallest absolute Gasteiger partial charge is 0.309 e. The number of aromatic nitrogens is 3. The number of carbonyl (C=O) groups excluding carboxylic acids is 1. The SMILES string of the molecule is CCOC(=O)CC=Cc1c[nH]c2c(Cl)ncnc12. The van der Waals surface area contributed by atoms with Crippen molar-refractivity contribution in [2.45, 2.75) is 13.3 Å². The van der Waals surface area contributed by atoms with E-state index in [1.807, 2.05) is 0 Å². The zero-order valence-electron chi connectivity index (χ0n) is 9.81. The fraction of sp³-hybridized carbons (Fsp3) is 0.250. The van der Waals surface area contributed by atoms with E-state index in [9.17, 15) is 4.79 Å². The van der Waals surface area contributed by atoms with Crippen LogP contribution >= 0.6 is 11.6 Å². The number of halogens is 1. The maximum Gasteiger partial charge on any atom is 0.309 e. The molecule has 0 fully saturated rings. The Hall–Kier alpha value is -1.88. The molecule has 0 saturated carbocycles. The maximum atomic E-state index is 11.2. The Morgan fingerprint density at radius 2 is 2.39 bits per heavy atom. The number of nitrogens with one attached hydrogen (secondary N) is 1. The monoisotopic (exact) mass is 265 g/mol. The van der Waals surface area contributed by atoms with Gasteiger partial charge in [0, 0.05) is 11.8 Å². The van der Waals surface area contributed by atoms with E-state index < -0.39 is 0 Å². The largest absolute Gasteiger partial charge is 0.466 e. The molecule has 0 saturated heterocycles. The summed E-state index contributed by atoms with van der Waals surface area (Å²) in [6.07, 6.45) is 6.95. The molecular weight excluding hydrogens is 254 g/mol. The molecule has 0 atom stereocenters. The van der Waals surface area contributed by atoms with Crippen LogP contribution in [0.4, 0.5) is 0 Å². The Labute approximate surface area is 109 Å². The van der Waals surface area contributed by atoms with E-state index in [-0.39, 0.29) is 12.4 Å². The van der Waals surface area contributed by atoms with Crippen molar-refractivity contribution in [2.75, 3.05) is 6.61 Å². The Kier molecular flexibility index (Phi) is 3.94. The minimum atomic E-state index is -0.249. The van der Waals surface area contributed by atoms with Crippen LogP contribution in [0.2, 0.25) is 5.15 Å². The van der Waals surface area contributed by atoms with Crippen molar-refractivity contribution in [1.29, 1.82) is 0 Å². The van der Waals surface area contributed by atoms with Gasteiger partial charge in [0.05, 0.1) is 13.0 Å². The average molecular weight is 266 g/mol. The second kappa shape index (κ2) is 5.64. The molecule has 94 valence electrons.